The Labute approximate surface area is 122 Å². The van der Waals surface area contributed by atoms with Crippen LogP contribution in [0.5, 0.6) is 5.75 Å². The van der Waals surface area contributed by atoms with Gasteiger partial charge in [-0.1, -0.05) is 6.42 Å². The Morgan fingerprint density at radius 3 is 2.86 bits per heavy atom. The van der Waals surface area contributed by atoms with Gasteiger partial charge in [0.15, 0.2) is 11.6 Å². The Balaban J connectivity index is 2.09. The normalized spacial score (nSPS) is 14.4. The van der Waals surface area contributed by atoms with Gasteiger partial charge in [-0.05, 0) is 43.9 Å². The summed E-state index contributed by atoms with van der Waals surface area (Å²) in [7, 11) is 1.41. The molecule has 0 atom stereocenters. The summed E-state index contributed by atoms with van der Waals surface area (Å²) in [4.78, 5) is 19.6. The number of aromatic amines is 1. The van der Waals surface area contributed by atoms with Gasteiger partial charge in [0.2, 0.25) is 0 Å². The topological polar surface area (TPSA) is 55.0 Å². The molecule has 5 heteroatoms. The van der Waals surface area contributed by atoms with Gasteiger partial charge in [0.1, 0.15) is 5.82 Å². The smallest absolute Gasteiger partial charge is 0.254 e. The minimum atomic E-state index is -0.432. The van der Waals surface area contributed by atoms with Gasteiger partial charge < -0.3 is 9.72 Å². The molecule has 0 radical (unpaired) electrons. The molecule has 0 spiro atoms. The zero-order chi connectivity index (χ0) is 14.8. The predicted molar refractivity (Wildman–Crippen MR) is 78.1 cm³/mol. The second kappa shape index (κ2) is 5.68. The summed E-state index contributed by atoms with van der Waals surface area (Å²) >= 11 is 0. The summed E-state index contributed by atoms with van der Waals surface area (Å²) in [6, 6.07) is 4.47. The molecule has 0 bridgehead atoms. The van der Waals surface area contributed by atoms with Crippen LogP contribution in [0, 0.1) is 5.82 Å². The molecule has 2 aromatic rings. The number of aryl methyl sites for hydroxylation is 1. The number of hydrogen-bond donors (Lipinski definition) is 1. The third-order valence-corrected chi connectivity index (χ3v) is 3.87. The van der Waals surface area contributed by atoms with Crippen molar-refractivity contribution in [3.63, 3.8) is 0 Å². The summed E-state index contributed by atoms with van der Waals surface area (Å²) in [5.74, 6) is 0.183. The molecule has 0 unspecified atom stereocenters. The summed E-state index contributed by atoms with van der Waals surface area (Å²) in [6.07, 6.45) is 4.81. The SMILES string of the molecule is COc1cc(-c2nc3c(c(=O)[nH]2)CCCCC3)ccc1F. The highest BCUT2D eigenvalue weighted by Gasteiger charge is 2.15. The fourth-order valence-corrected chi connectivity index (χ4v) is 2.72. The second-order valence-electron chi connectivity index (χ2n) is 5.25. The molecule has 1 aromatic carbocycles. The summed E-state index contributed by atoms with van der Waals surface area (Å²) in [6.45, 7) is 0. The van der Waals surface area contributed by atoms with Crippen LogP contribution in [-0.4, -0.2) is 17.1 Å². The van der Waals surface area contributed by atoms with Crippen molar-refractivity contribution in [3.8, 4) is 17.1 Å². The van der Waals surface area contributed by atoms with E-state index in [-0.39, 0.29) is 11.3 Å². The number of methoxy groups -OCH3 is 1. The fourth-order valence-electron chi connectivity index (χ4n) is 2.72. The first-order chi connectivity index (χ1) is 10.2. The van der Waals surface area contributed by atoms with E-state index in [1.54, 1.807) is 12.1 Å². The molecule has 0 fully saturated rings. The Morgan fingerprint density at radius 1 is 1.24 bits per heavy atom. The minimum Gasteiger partial charge on any atom is -0.494 e. The molecule has 4 nitrogen and oxygen atoms in total. The zero-order valence-electron chi connectivity index (χ0n) is 11.9. The lowest BCUT2D eigenvalue weighted by atomic mass is 10.1. The maximum Gasteiger partial charge on any atom is 0.254 e. The van der Waals surface area contributed by atoms with E-state index < -0.39 is 5.82 Å². The number of fused-ring (bicyclic) bond motifs is 1. The van der Waals surface area contributed by atoms with E-state index in [1.807, 2.05) is 0 Å². The van der Waals surface area contributed by atoms with E-state index in [9.17, 15) is 9.18 Å². The molecule has 3 rings (SSSR count). The third kappa shape index (κ3) is 2.68. The Bertz CT molecular complexity index is 725. The van der Waals surface area contributed by atoms with Crippen LogP contribution in [0.2, 0.25) is 0 Å². The van der Waals surface area contributed by atoms with E-state index in [0.717, 1.165) is 43.4 Å². The van der Waals surface area contributed by atoms with Crippen LogP contribution >= 0.6 is 0 Å². The monoisotopic (exact) mass is 288 g/mol. The van der Waals surface area contributed by atoms with E-state index in [1.165, 1.54) is 13.2 Å². The molecule has 0 saturated carbocycles. The number of hydrogen-bond acceptors (Lipinski definition) is 3. The highest BCUT2D eigenvalue weighted by atomic mass is 19.1. The minimum absolute atomic E-state index is 0.0832. The highest BCUT2D eigenvalue weighted by Crippen LogP contribution is 2.25. The molecule has 1 N–H and O–H groups in total. The first-order valence-electron chi connectivity index (χ1n) is 7.15. The molecule has 1 heterocycles. The van der Waals surface area contributed by atoms with E-state index in [2.05, 4.69) is 9.97 Å². The van der Waals surface area contributed by atoms with Crippen LogP contribution in [-0.2, 0) is 12.8 Å². The van der Waals surface area contributed by atoms with Crippen LogP contribution in [0.1, 0.15) is 30.5 Å². The van der Waals surface area contributed by atoms with Crippen molar-refractivity contribution in [1.82, 2.24) is 9.97 Å². The molecule has 1 aromatic heterocycles. The molecule has 110 valence electrons. The van der Waals surface area contributed by atoms with Crippen molar-refractivity contribution in [3.05, 3.63) is 45.6 Å². The second-order valence-corrected chi connectivity index (χ2v) is 5.25. The first-order valence-corrected chi connectivity index (χ1v) is 7.15. The van der Waals surface area contributed by atoms with Gasteiger partial charge >= 0.3 is 0 Å². The lowest BCUT2D eigenvalue weighted by Gasteiger charge is -2.09. The van der Waals surface area contributed by atoms with Gasteiger partial charge in [-0.15, -0.1) is 0 Å². The number of halogens is 1. The Hall–Kier alpha value is -2.17. The van der Waals surface area contributed by atoms with Crippen molar-refractivity contribution < 1.29 is 9.13 Å². The Kier molecular flexibility index (Phi) is 3.73. The molecular weight excluding hydrogens is 271 g/mol. The lowest BCUT2D eigenvalue weighted by molar-refractivity contribution is 0.386. The summed E-state index contributed by atoms with van der Waals surface area (Å²) < 4.78 is 18.4. The van der Waals surface area contributed by atoms with Crippen molar-refractivity contribution in [2.24, 2.45) is 0 Å². The van der Waals surface area contributed by atoms with Crippen LogP contribution in [0.3, 0.4) is 0 Å². The largest absolute Gasteiger partial charge is 0.494 e. The molecule has 1 aliphatic rings. The van der Waals surface area contributed by atoms with Crippen molar-refractivity contribution in [2.45, 2.75) is 32.1 Å². The average molecular weight is 288 g/mol. The third-order valence-electron chi connectivity index (χ3n) is 3.87. The van der Waals surface area contributed by atoms with Crippen LogP contribution in [0.4, 0.5) is 4.39 Å². The maximum atomic E-state index is 13.5. The van der Waals surface area contributed by atoms with E-state index in [4.69, 9.17) is 4.74 Å². The lowest BCUT2D eigenvalue weighted by Crippen LogP contribution is -2.18. The maximum absolute atomic E-state index is 13.5. The van der Waals surface area contributed by atoms with Gasteiger partial charge in [0, 0.05) is 11.1 Å². The molecule has 1 aliphatic carbocycles. The van der Waals surface area contributed by atoms with Gasteiger partial charge in [0.05, 0.1) is 12.8 Å². The Morgan fingerprint density at radius 2 is 2.05 bits per heavy atom. The van der Waals surface area contributed by atoms with Gasteiger partial charge in [-0.2, -0.15) is 0 Å². The van der Waals surface area contributed by atoms with Gasteiger partial charge in [-0.3, -0.25) is 4.79 Å². The van der Waals surface area contributed by atoms with Crippen molar-refractivity contribution >= 4 is 0 Å². The quantitative estimate of drug-likeness (QED) is 0.865. The van der Waals surface area contributed by atoms with Crippen LogP contribution in [0.15, 0.2) is 23.0 Å². The number of rotatable bonds is 2. The van der Waals surface area contributed by atoms with Gasteiger partial charge in [0.25, 0.3) is 5.56 Å². The number of H-pyrrole nitrogens is 1. The first kappa shape index (κ1) is 13.8. The highest BCUT2D eigenvalue weighted by molar-refractivity contribution is 5.58. The molecular formula is C16H17FN2O2. The fraction of sp³-hybridized carbons (Fsp3) is 0.375. The average Bonchev–Trinajstić information content (AvgIpc) is 2.73. The van der Waals surface area contributed by atoms with E-state index in [0.29, 0.717) is 11.4 Å². The molecule has 0 amide bonds. The van der Waals surface area contributed by atoms with Crippen molar-refractivity contribution in [2.75, 3.05) is 7.11 Å². The predicted octanol–water partition coefficient (Wildman–Crippen LogP) is 2.85. The van der Waals surface area contributed by atoms with Gasteiger partial charge in [-0.25, -0.2) is 9.37 Å². The molecule has 0 saturated heterocycles. The standard InChI is InChI=1S/C16H17FN2O2/c1-21-14-9-10(7-8-12(14)17)15-18-13-6-4-2-3-5-11(13)16(20)19-15/h7-9H,2-6H2,1H3,(H,18,19,20). The summed E-state index contributed by atoms with van der Waals surface area (Å²) in [5.41, 5.74) is 2.23. The van der Waals surface area contributed by atoms with Crippen LogP contribution < -0.4 is 10.3 Å². The number of aromatic nitrogens is 2. The van der Waals surface area contributed by atoms with Crippen molar-refractivity contribution in [1.29, 1.82) is 0 Å². The zero-order valence-corrected chi connectivity index (χ0v) is 11.9. The number of ether oxygens (including phenoxy) is 1. The molecule has 21 heavy (non-hydrogen) atoms. The van der Waals surface area contributed by atoms with Crippen LogP contribution in [0.25, 0.3) is 11.4 Å². The number of nitrogens with one attached hydrogen (secondary N) is 1. The van der Waals surface area contributed by atoms with E-state index >= 15 is 0 Å². The summed E-state index contributed by atoms with van der Waals surface area (Å²) in [5, 5.41) is 0. The molecule has 0 aliphatic heterocycles. The number of benzene rings is 1. The number of nitrogens with zero attached hydrogens (tertiary/aromatic N) is 1.